The minimum Gasteiger partial charge on any atom is -0.507 e. The maximum atomic E-state index is 13.3. The highest BCUT2D eigenvalue weighted by molar-refractivity contribution is 6.47. The quantitative estimate of drug-likeness (QED) is 0.747. The molecule has 0 amide bonds. The first-order chi connectivity index (χ1) is 13.6. The molecule has 0 spiro atoms. The van der Waals surface area contributed by atoms with E-state index in [1.807, 2.05) is 27.7 Å². The Morgan fingerprint density at radius 2 is 1.69 bits per heavy atom. The molecule has 0 bridgehead atoms. The number of Topliss-reactive ketones (excluding diaryl/α,β-unsaturated/α-hetero) is 2. The van der Waals surface area contributed by atoms with Gasteiger partial charge in [0.15, 0.2) is 11.5 Å². The van der Waals surface area contributed by atoms with E-state index in [4.69, 9.17) is 14.2 Å². The molecule has 0 radical (unpaired) electrons. The zero-order valence-corrected chi connectivity index (χ0v) is 18.5. The zero-order valence-electron chi connectivity index (χ0n) is 18.5. The molecule has 0 aromatic heterocycles. The number of fused-ring (bicyclic) bond motifs is 3. The molecule has 2 aliphatic rings. The number of carbonyl (C=O) groups is 2. The van der Waals surface area contributed by atoms with Crippen molar-refractivity contribution in [2.45, 2.75) is 58.3 Å². The van der Waals surface area contributed by atoms with Gasteiger partial charge >= 0.3 is 0 Å². The molecule has 0 saturated heterocycles. The van der Waals surface area contributed by atoms with Gasteiger partial charge < -0.3 is 19.3 Å². The van der Waals surface area contributed by atoms with Gasteiger partial charge in [0.05, 0.1) is 26.4 Å². The summed E-state index contributed by atoms with van der Waals surface area (Å²) in [6, 6.07) is 0. The monoisotopic (exact) mass is 404 g/mol. The predicted octanol–water partition coefficient (Wildman–Crippen LogP) is 4.01. The highest BCUT2D eigenvalue weighted by Crippen LogP contribution is 2.61. The topological polar surface area (TPSA) is 82.1 Å². The first kappa shape index (κ1) is 21.6. The summed E-state index contributed by atoms with van der Waals surface area (Å²) in [5.41, 5.74) is 0.157. The molecule has 6 nitrogen and oxygen atoms in total. The van der Waals surface area contributed by atoms with E-state index in [0.717, 1.165) is 19.3 Å². The summed E-state index contributed by atoms with van der Waals surface area (Å²) < 4.78 is 16.7. The van der Waals surface area contributed by atoms with Gasteiger partial charge in [-0.2, -0.15) is 0 Å². The summed E-state index contributed by atoms with van der Waals surface area (Å²) in [5, 5.41) is 11.2. The molecule has 29 heavy (non-hydrogen) atoms. The fraction of sp³-hybridized carbons (Fsp3) is 0.652. The Morgan fingerprint density at radius 3 is 2.24 bits per heavy atom. The number of phenolic OH excluding ortho intramolecular Hbond substituents is 1. The Morgan fingerprint density at radius 1 is 1.07 bits per heavy atom. The Hall–Kier alpha value is -2.08. The van der Waals surface area contributed by atoms with Gasteiger partial charge in [0.25, 0.3) is 0 Å². The van der Waals surface area contributed by atoms with E-state index in [1.165, 1.54) is 14.2 Å². The van der Waals surface area contributed by atoms with Gasteiger partial charge in [-0.15, -0.1) is 0 Å². The maximum absolute atomic E-state index is 13.3. The third kappa shape index (κ3) is 2.95. The first-order valence-corrected chi connectivity index (χ1v) is 10.2. The first-order valence-electron chi connectivity index (χ1n) is 10.2. The summed E-state index contributed by atoms with van der Waals surface area (Å²) in [4.78, 5) is 26.6. The van der Waals surface area contributed by atoms with Crippen LogP contribution < -0.4 is 9.47 Å². The van der Waals surface area contributed by atoms with Crippen LogP contribution in [-0.2, 0) is 14.9 Å². The number of phenols is 1. The second kappa shape index (κ2) is 7.31. The lowest BCUT2D eigenvalue weighted by molar-refractivity contribution is -0.128. The smallest absolute Gasteiger partial charge is 0.233 e. The Kier molecular flexibility index (Phi) is 5.45. The van der Waals surface area contributed by atoms with Crippen LogP contribution >= 0.6 is 0 Å². The summed E-state index contributed by atoms with van der Waals surface area (Å²) >= 11 is 0. The third-order valence-electron chi connectivity index (χ3n) is 6.96. The molecule has 1 N–H and O–H groups in total. The van der Waals surface area contributed by atoms with E-state index in [2.05, 4.69) is 0 Å². The molecular formula is C23H32O6. The number of benzene rings is 1. The van der Waals surface area contributed by atoms with E-state index < -0.39 is 22.9 Å². The highest BCUT2D eigenvalue weighted by atomic mass is 16.5. The highest BCUT2D eigenvalue weighted by Gasteiger charge is 2.59. The summed E-state index contributed by atoms with van der Waals surface area (Å²) in [6.07, 6.45) is 2.53. The molecule has 0 aliphatic heterocycles. The van der Waals surface area contributed by atoms with Crippen molar-refractivity contribution >= 4 is 11.6 Å². The van der Waals surface area contributed by atoms with E-state index in [0.29, 0.717) is 29.2 Å². The Bertz CT molecular complexity index is 856. The predicted molar refractivity (Wildman–Crippen MR) is 109 cm³/mol. The summed E-state index contributed by atoms with van der Waals surface area (Å²) in [5.74, 6) is -1.14. The number of hydrogen-bond acceptors (Lipinski definition) is 6. The number of rotatable bonds is 5. The van der Waals surface area contributed by atoms with Crippen LogP contribution in [0.2, 0.25) is 0 Å². The molecular weight excluding hydrogens is 372 g/mol. The molecule has 3 unspecified atom stereocenters. The lowest BCUT2D eigenvalue weighted by Crippen LogP contribution is -2.55. The van der Waals surface area contributed by atoms with Gasteiger partial charge in [-0.1, -0.05) is 34.1 Å². The van der Waals surface area contributed by atoms with Crippen molar-refractivity contribution in [2.24, 2.45) is 11.3 Å². The zero-order chi connectivity index (χ0) is 21.7. The maximum Gasteiger partial charge on any atom is 0.233 e. The number of carbonyl (C=O) groups excluding carboxylic acids is 2. The van der Waals surface area contributed by atoms with Crippen LogP contribution in [0.5, 0.6) is 17.2 Å². The fourth-order valence-corrected chi connectivity index (χ4v) is 5.89. The molecule has 3 atom stereocenters. The minimum atomic E-state index is -0.637. The van der Waals surface area contributed by atoms with Crippen LogP contribution in [0.1, 0.15) is 74.4 Å². The van der Waals surface area contributed by atoms with Crippen LogP contribution in [0.25, 0.3) is 0 Å². The van der Waals surface area contributed by atoms with Gasteiger partial charge in [0.2, 0.25) is 11.6 Å². The van der Waals surface area contributed by atoms with Gasteiger partial charge in [0, 0.05) is 35.5 Å². The normalized spacial score (nSPS) is 26.5. The number of aromatic hydroxyl groups is 1. The van der Waals surface area contributed by atoms with Gasteiger partial charge in [-0.05, 0) is 18.3 Å². The lowest BCUT2D eigenvalue weighted by Gasteiger charge is -2.52. The minimum absolute atomic E-state index is 0.0713. The lowest BCUT2D eigenvalue weighted by atomic mass is 9.49. The van der Waals surface area contributed by atoms with E-state index in [1.54, 1.807) is 7.11 Å². The van der Waals surface area contributed by atoms with Gasteiger partial charge in [-0.25, -0.2) is 0 Å². The van der Waals surface area contributed by atoms with Crippen LogP contribution in [0, 0.1) is 11.3 Å². The van der Waals surface area contributed by atoms with Crippen molar-refractivity contribution in [3.05, 3.63) is 16.7 Å². The average Bonchev–Trinajstić information content (AvgIpc) is 2.64. The second-order valence-electron chi connectivity index (χ2n) is 9.32. The Balaban J connectivity index is 2.43. The fourth-order valence-electron chi connectivity index (χ4n) is 5.89. The third-order valence-corrected chi connectivity index (χ3v) is 6.96. The van der Waals surface area contributed by atoms with E-state index in [-0.39, 0.29) is 22.6 Å². The van der Waals surface area contributed by atoms with E-state index >= 15 is 0 Å². The van der Waals surface area contributed by atoms with Crippen molar-refractivity contribution in [1.82, 2.24) is 0 Å². The van der Waals surface area contributed by atoms with Crippen molar-refractivity contribution in [3.8, 4) is 17.2 Å². The molecule has 2 aliphatic carbocycles. The van der Waals surface area contributed by atoms with Gasteiger partial charge in [-0.3, -0.25) is 9.59 Å². The standard InChI is InChI=1S/C23H32O6/c1-12(11-27-5)13-16(24)14-15(20(29-7)19(13)28-6)23(4)10-8-9-22(2,3)21(23)18(26)17(14)25/h12,21,24H,8-11H2,1-7H3. The second-order valence-corrected chi connectivity index (χ2v) is 9.32. The van der Waals surface area contributed by atoms with Crippen molar-refractivity contribution in [2.75, 3.05) is 27.9 Å². The molecule has 6 heteroatoms. The van der Waals surface area contributed by atoms with Crippen molar-refractivity contribution in [3.63, 3.8) is 0 Å². The molecule has 1 fully saturated rings. The van der Waals surface area contributed by atoms with Crippen LogP contribution in [0.15, 0.2) is 0 Å². The molecule has 1 aromatic carbocycles. The molecule has 1 aromatic rings. The van der Waals surface area contributed by atoms with Crippen molar-refractivity contribution < 1.29 is 28.9 Å². The number of ether oxygens (including phenoxy) is 3. The summed E-state index contributed by atoms with van der Waals surface area (Å²) in [7, 11) is 4.63. The van der Waals surface area contributed by atoms with Crippen molar-refractivity contribution in [1.29, 1.82) is 0 Å². The SMILES string of the molecule is COCC(C)c1c(O)c2c(c(OC)c1OC)C1(C)CCCC(C)(C)C1C(=O)C2=O. The van der Waals surface area contributed by atoms with Gasteiger partial charge in [0.1, 0.15) is 5.75 Å². The number of ketones is 2. The number of methoxy groups -OCH3 is 3. The van der Waals surface area contributed by atoms with Crippen LogP contribution in [0.4, 0.5) is 0 Å². The number of hydrogen-bond donors (Lipinski definition) is 1. The summed E-state index contributed by atoms with van der Waals surface area (Å²) in [6.45, 7) is 8.30. The largest absolute Gasteiger partial charge is 0.507 e. The Labute approximate surface area is 172 Å². The van der Waals surface area contributed by atoms with E-state index in [9.17, 15) is 14.7 Å². The van der Waals surface area contributed by atoms with Crippen LogP contribution in [0.3, 0.4) is 0 Å². The molecule has 160 valence electrons. The van der Waals surface area contributed by atoms with Crippen LogP contribution in [-0.4, -0.2) is 44.6 Å². The molecule has 1 saturated carbocycles. The average molecular weight is 405 g/mol. The molecule has 0 heterocycles. The molecule has 3 rings (SSSR count).